The van der Waals surface area contributed by atoms with Crippen LogP contribution < -0.4 is 10.3 Å². The zero-order valence-corrected chi connectivity index (χ0v) is 14.5. The molecule has 0 radical (unpaired) electrons. The van der Waals surface area contributed by atoms with Crippen molar-refractivity contribution in [2.75, 3.05) is 18.2 Å². The third-order valence-electron chi connectivity index (χ3n) is 4.17. The van der Waals surface area contributed by atoms with Gasteiger partial charge in [-0.05, 0) is 43.0 Å². The van der Waals surface area contributed by atoms with E-state index < -0.39 is 0 Å². The molecule has 0 bridgehead atoms. The third kappa shape index (κ3) is 4.55. The van der Waals surface area contributed by atoms with Crippen molar-refractivity contribution in [2.45, 2.75) is 46.6 Å². The molecule has 1 aromatic rings. The van der Waals surface area contributed by atoms with Crippen LogP contribution in [0.1, 0.15) is 50.9 Å². The van der Waals surface area contributed by atoms with Gasteiger partial charge in [0.05, 0.1) is 5.69 Å². The van der Waals surface area contributed by atoms with E-state index in [2.05, 4.69) is 31.2 Å². The number of rotatable bonds is 5. The van der Waals surface area contributed by atoms with Crippen molar-refractivity contribution in [2.24, 2.45) is 10.5 Å². The molecule has 2 rings (SSSR count). The molecule has 1 aromatic carbocycles. The summed E-state index contributed by atoms with van der Waals surface area (Å²) >= 11 is 0. The Morgan fingerprint density at radius 2 is 2.00 bits per heavy atom. The minimum Gasteiger partial charge on any atom is -0.396 e. The highest BCUT2D eigenvalue weighted by atomic mass is 16.3. The minimum atomic E-state index is -0.106. The average Bonchev–Trinajstić information content (AvgIpc) is 2.92. The lowest BCUT2D eigenvalue weighted by Crippen LogP contribution is -2.44. The molecule has 1 aliphatic heterocycles. The van der Waals surface area contributed by atoms with Gasteiger partial charge in [-0.15, -0.1) is 0 Å². The first-order chi connectivity index (χ1) is 10.8. The molecule has 1 unspecified atom stereocenters. The van der Waals surface area contributed by atoms with Crippen molar-refractivity contribution >= 4 is 17.3 Å². The van der Waals surface area contributed by atoms with Gasteiger partial charge in [0.15, 0.2) is 0 Å². The normalized spacial score (nSPS) is 16.2. The molecule has 0 saturated carbocycles. The smallest absolute Gasteiger partial charge is 0.251 e. The summed E-state index contributed by atoms with van der Waals surface area (Å²) in [5.41, 5.74) is 2.66. The summed E-state index contributed by atoms with van der Waals surface area (Å²) in [6, 6.07) is 7.44. The number of aliphatic hydroxyl groups is 1. The molecule has 0 fully saturated rings. The van der Waals surface area contributed by atoms with Crippen LogP contribution in [0.4, 0.5) is 5.69 Å². The Bertz CT molecular complexity index is 573. The average molecular weight is 317 g/mol. The van der Waals surface area contributed by atoms with E-state index in [1.54, 1.807) is 0 Å². The lowest BCUT2D eigenvalue weighted by molar-refractivity contribution is 0.0885. The van der Waals surface area contributed by atoms with Crippen molar-refractivity contribution in [3.05, 3.63) is 29.8 Å². The van der Waals surface area contributed by atoms with Gasteiger partial charge >= 0.3 is 0 Å². The van der Waals surface area contributed by atoms with E-state index in [0.717, 1.165) is 24.4 Å². The van der Waals surface area contributed by atoms with E-state index in [-0.39, 0.29) is 24.0 Å². The maximum absolute atomic E-state index is 12.4. The highest BCUT2D eigenvalue weighted by Crippen LogP contribution is 2.23. The topological polar surface area (TPSA) is 64.9 Å². The number of nitrogens with one attached hydrogen (secondary N) is 1. The Balaban J connectivity index is 2.05. The predicted molar refractivity (Wildman–Crippen MR) is 93.9 cm³/mol. The first-order valence-corrected chi connectivity index (χ1v) is 8.14. The van der Waals surface area contributed by atoms with E-state index in [9.17, 15) is 9.90 Å². The SMILES string of the molecule is CC1=NN(c2ccc(C(=O)NC(CCO)C(C)(C)C)cc2)CC1. The molecule has 23 heavy (non-hydrogen) atoms. The van der Waals surface area contributed by atoms with E-state index in [1.807, 2.05) is 36.2 Å². The van der Waals surface area contributed by atoms with E-state index in [0.29, 0.717) is 12.0 Å². The van der Waals surface area contributed by atoms with E-state index in [1.165, 1.54) is 0 Å². The molecule has 1 atom stereocenters. The van der Waals surface area contributed by atoms with Gasteiger partial charge in [-0.2, -0.15) is 5.10 Å². The van der Waals surface area contributed by atoms with E-state index >= 15 is 0 Å². The molecule has 126 valence electrons. The summed E-state index contributed by atoms with van der Waals surface area (Å²) in [6.45, 7) is 9.16. The summed E-state index contributed by atoms with van der Waals surface area (Å²) in [5.74, 6) is -0.106. The highest BCUT2D eigenvalue weighted by molar-refractivity contribution is 5.95. The molecule has 1 aliphatic rings. The predicted octanol–water partition coefficient (Wildman–Crippen LogP) is 2.80. The van der Waals surface area contributed by atoms with Gasteiger partial charge < -0.3 is 10.4 Å². The molecular weight excluding hydrogens is 290 g/mol. The fourth-order valence-electron chi connectivity index (χ4n) is 2.64. The first kappa shape index (κ1) is 17.5. The standard InChI is InChI=1S/C18H27N3O2/c1-13-9-11-21(20-13)15-7-5-14(6-8-15)17(23)19-16(10-12-22)18(2,3)4/h5-8,16,22H,9-12H2,1-4H3,(H,19,23). The molecule has 2 N–H and O–H groups in total. The molecule has 1 amide bonds. The van der Waals surface area contributed by atoms with Crippen LogP contribution in [0.3, 0.4) is 0 Å². The molecule has 0 spiro atoms. The number of hydrogen-bond acceptors (Lipinski definition) is 4. The van der Waals surface area contributed by atoms with Crippen molar-refractivity contribution in [3.8, 4) is 0 Å². The van der Waals surface area contributed by atoms with Crippen LogP contribution >= 0.6 is 0 Å². The maximum atomic E-state index is 12.4. The summed E-state index contributed by atoms with van der Waals surface area (Å²) in [6.07, 6.45) is 1.53. The van der Waals surface area contributed by atoms with Gasteiger partial charge in [-0.3, -0.25) is 9.80 Å². The fourth-order valence-corrected chi connectivity index (χ4v) is 2.64. The van der Waals surface area contributed by atoms with Gasteiger partial charge in [0.25, 0.3) is 5.91 Å². The second kappa shape index (κ2) is 7.13. The Hall–Kier alpha value is -1.88. The summed E-state index contributed by atoms with van der Waals surface area (Å²) < 4.78 is 0. The monoisotopic (exact) mass is 317 g/mol. The maximum Gasteiger partial charge on any atom is 0.251 e. The highest BCUT2D eigenvalue weighted by Gasteiger charge is 2.26. The Kier molecular flexibility index (Phi) is 5.42. The summed E-state index contributed by atoms with van der Waals surface area (Å²) in [5, 5.41) is 18.6. The largest absolute Gasteiger partial charge is 0.396 e. The zero-order chi connectivity index (χ0) is 17.0. The van der Waals surface area contributed by atoms with Crippen LogP contribution in [0.2, 0.25) is 0 Å². The molecule has 5 nitrogen and oxygen atoms in total. The number of hydrazone groups is 1. The Labute approximate surface area is 138 Å². The molecule has 0 aliphatic carbocycles. The van der Waals surface area contributed by atoms with Crippen molar-refractivity contribution in [3.63, 3.8) is 0 Å². The van der Waals surface area contributed by atoms with Gasteiger partial charge in [0.1, 0.15) is 0 Å². The molecular formula is C18H27N3O2. The number of benzene rings is 1. The van der Waals surface area contributed by atoms with Crippen LogP contribution in [-0.4, -0.2) is 35.9 Å². The molecule has 0 saturated heterocycles. The van der Waals surface area contributed by atoms with Crippen LogP contribution in [0.5, 0.6) is 0 Å². The Morgan fingerprint density at radius 3 is 2.48 bits per heavy atom. The number of carbonyl (C=O) groups is 1. The number of nitrogens with zero attached hydrogens (tertiary/aromatic N) is 2. The number of amides is 1. The van der Waals surface area contributed by atoms with Crippen molar-refractivity contribution < 1.29 is 9.90 Å². The van der Waals surface area contributed by atoms with Crippen molar-refractivity contribution in [1.29, 1.82) is 0 Å². The number of anilines is 1. The van der Waals surface area contributed by atoms with Gasteiger partial charge in [-0.1, -0.05) is 20.8 Å². The number of carbonyl (C=O) groups excluding carboxylic acids is 1. The molecule has 0 aromatic heterocycles. The lowest BCUT2D eigenvalue weighted by atomic mass is 9.85. The second-order valence-electron chi connectivity index (χ2n) is 7.16. The minimum absolute atomic E-state index is 0.0630. The molecule has 1 heterocycles. The van der Waals surface area contributed by atoms with Crippen LogP contribution in [0.15, 0.2) is 29.4 Å². The zero-order valence-electron chi connectivity index (χ0n) is 14.5. The van der Waals surface area contributed by atoms with Crippen LogP contribution in [0.25, 0.3) is 0 Å². The second-order valence-corrected chi connectivity index (χ2v) is 7.16. The van der Waals surface area contributed by atoms with Crippen molar-refractivity contribution in [1.82, 2.24) is 5.32 Å². The van der Waals surface area contributed by atoms with Gasteiger partial charge in [0, 0.05) is 36.9 Å². The first-order valence-electron chi connectivity index (χ1n) is 8.14. The van der Waals surface area contributed by atoms with E-state index in [4.69, 9.17) is 0 Å². The number of hydrogen-bond donors (Lipinski definition) is 2. The summed E-state index contributed by atoms with van der Waals surface area (Å²) in [7, 11) is 0. The lowest BCUT2D eigenvalue weighted by Gasteiger charge is -2.31. The van der Waals surface area contributed by atoms with Gasteiger partial charge in [-0.25, -0.2) is 0 Å². The fraction of sp³-hybridized carbons (Fsp3) is 0.556. The Morgan fingerprint density at radius 1 is 1.35 bits per heavy atom. The van der Waals surface area contributed by atoms with Gasteiger partial charge in [0.2, 0.25) is 0 Å². The quantitative estimate of drug-likeness (QED) is 0.877. The van der Waals surface area contributed by atoms with Crippen LogP contribution in [-0.2, 0) is 0 Å². The van der Waals surface area contributed by atoms with Crippen LogP contribution in [0, 0.1) is 5.41 Å². The molecule has 5 heteroatoms. The number of aliphatic hydroxyl groups excluding tert-OH is 1. The summed E-state index contributed by atoms with van der Waals surface area (Å²) in [4.78, 5) is 12.4. The third-order valence-corrected chi connectivity index (χ3v) is 4.17.